The van der Waals surface area contributed by atoms with Crippen molar-refractivity contribution >= 4 is 25.3 Å². The Morgan fingerprint density at radius 3 is 2.80 bits per heavy atom. The molecule has 5 atom stereocenters. The zero-order valence-corrected chi connectivity index (χ0v) is 15.6. The first kappa shape index (κ1) is 20.4. The smallest absolute Gasteiger partial charge is 0.425 e. The van der Waals surface area contributed by atoms with Crippen LogP contribution in [0.2, 0.25) is 0 Å². The molecule has 2 aliphatic rings. The summed E-state index contributed by atoms with van der Waals surface area (Å²) in [5, 5.41) is 35.2. The molecule has 1 aliphatic carbocycles. The molecule has 2 aromatic rings. The van der Waals surface area contributed by atoms with Gasteiger partial charge >= 0.3 is 14.0 Å². The molecule has 15 nitrogen and oxygen atoms in total. The second-order valence-electron chi connectivity index (χ2n) is 6.51. The van der Waals surface area contributed by atoms with E-state index in [-0.39, 0.29) is 11.5 Å². The van der Waals surface area contributed by atoms with Crippen molar-refractivity contribution in [2.45, 2.75) is 29.5 Å². The van der Waals surface area contributed by atoms with E-state index >= 15 is 0 Å². The number of phosphoric acid groups is 1. The summed E-state index contributed by atoms with van der Waals surface area (Å²) in [5.41, 5.74) is 1.97. The number of nitrogens with two attached hydrogens (primary N) is 1. The van der Waals surface area contributed by atoms with Crippen LogP contribution in [0.15, 0.2) is 18.5 Å². The molecule has 1 aliphatic heterocycles. The van der Waals surface area contributed by atoms with Crippen LogP contribution in [0.5, 0.6) is 0 Å². The van der Waals surface area contributed by atoms with Crippen molar-refractivity contribution in [1.29, 1.82) is 5.26 Å². The first-order chi connectivity index (χ1) is 14.0. The predicted octanol–water partition coefficient (Wildman–Crippen LogP) is -1.88. The van der Waals surface area contributed by atoms with Gasteiger partial charge in [-0.15, -0.1) is 0 Å². The lowest BCUT2D eigenvalue weighted by molar-refractivity contribution is -0.116. The number of aromatic nitrogens is 3. The van der Waals surface area contributed by atoms with Crippen molar-refractivity contribution < 1.29 is 48.1 Å². The number of nitriles is 1. The van der Waals surface area contributed by atoms with Crippen LogP contribution >= 0.6 is 7.82 Å². The molecule has 16 heteroatoms. The maximum absolute atomic E-state index is 11.6. The van der Waals surface area contributed by atoms with Crippen molar-refractivity contribution in [3.63, 3.8) is 0 Å². The molecule has 1 saturated heterocycles. The van der Waals surface area contributed by atoms with Gasteiger partial charge in [0.2, 0.25) is 12.4 Å². The Bertz CT molecular complexity index is 1110. The van der Waals surface area contributed by atoms with Crippen LogP contribution in [0.25, 0.3) is 5.52 Å². The number of nitrogen functional groups attached to an aromatic ring is 1. The quantitative estimate of drug-likeness (QED) is 0.193. The van der Waals surface area contributed by atoms with Gasteiger partial charge in [-0.3, -0.25) is 0 Å². The van der Waals surface area contributed by atoms with Gasteiger partial charge in [0, 0.05) is 0 Å². The van der Waals surface area contributed by atoms with E-state index in [1.165, 1.54) is 16.6 Å². The summed E-state index contributed by atoms with van der Waals surface area (Å²) in [6, 6.07) is 4.74. The highest BCUT2D eigenvalue weighted by molar-refractivity contribution is 7.46. The average Bonchev–Trinajstić information content (AvgIpc) is 2.97. The molecule has 3 heterocycles. The number of carbonyl (C=O) groups excluding carboxylic acids is 1. The van der Waals surface area contributed by atoms with E-state index in [9.17, 15) is 24.8 Å². The van der Waals surface area contributed by atoms with Crippen LogP contribution in [0, 0.1) is 11.3 Å². The summed E-state index contributed by atoms with van der Waals surface area (Å²) in [5.74, 6) is 0.113. The Morgan fingerprint density at radius 2 is 2.20 bits per heavy atom. The maximum atomic E-state index is 11.6. The monoisotopic (exact) mass is 443 g/mol. The Labute approximate surface area is 166 Å². The average molecular weight is 443 g/mol. The number of aliphatic hydroxyl groups is 2. The standard InChI is InChI=1S/C14H14N5O10P/c15-3-13(7-2-1-6-10(16)17-4-18-19(6)7)11(20)14(22)8(9(14)29-13)28-12(21)26-5-27-30(23,24)25/h1-2,4,8-9,11,20,22H,5H2,(H2,16,17,18)(H2,23,24,25)/t8?,9-,11+,13+,14-/m1/s1. The molecule has 0 spiro atoms. The van der Waals surface area contributed by atoms with Crippen molar-refractivity contribution in [2.75, 3.05) is 12.5 Å². The van der Waals surface area contributed by atoms with Crippen molar-refractivity contribution in [2.24, 2.45) is 0 Å². The number of aliphatic hydroxyl groups excluding tert-OH is 1. The zero-order chi connectivity index (χ0) is 21.9. The lowest BCUT2D eigenvalue weighted by Crippen LogP contribution is -2.47. The lowest BCUT2D eigenvalue weighted by atomic mass is 9.90. The fraction of sp³-hybridized carbons (Fsp3) is 0.429. The largest absolute Gasteiger partial charge is 0.510 e. The first-order valence-electron chi connectivity index (χ1n) is 8.16. The summed E-state index contributed by atoms with van der Waals surface area (Å²) in [6.45, 7) is -1.11. The number of rotatable bonds is 5. The second kappa shape index (κ2) is 6.59. The molecular weight excluding hydrogens is 429 g/mol. The highest BCUT2D eigenvalue weighted by Crippen LogP contribution is 2.59. The van der Waals surface area contributed by atoms with E-state index < -0.39 is 50.3 Å². The van der Waals surface area contributed by atoms with Crippen molar-refractivity contribution in [1.82, 2.24) is 14.6 Å². The van der Waals surface area contributed by atoms with Crippen molar-refractivity contribution in [3.05, 3.63) is 24.2 Å². The van der Waals surface area contributed by atoms with Crippen LogP contribution in [0.1, 0.15) is 5.69 Å². The molecule has 0 radical (unpaired) electrons. The summed E-state index contributed by atoms with van der Waals surface area (Å²) in [7, 11) is -4.86. The van der Waals surface area contributed by atoms with Gasteiger partial charge in [-0.05, 0) is 12.1 Å². The molecule has 6 N–H and O–H groups in total. The summed E-state index contributed by atoms with van der Waals surface area (Å²) in [4.78, 5) is 32.4. The number of phosphoric ester groups is 1. The third-order valence-electron chi connectivity index (χ3n) is 4.86. The minimum Gasteiger partial charge on any atom is -0.425 e. The van der Waals surface area contributed by atoms with Gasteiger partial charge in [-0.2, -0.15) is 10.4 Å². The van der Waals surface area contributed by atoms with Gasteiger partial charge in [0.1, 0.15) is 30.1 Å². The molecule has 30 heavy (non-hydrogen) atoms. The third-order valence-corrected chi connectivity index (χ3v) is 5.30. The maximum Gasteiger partial charge on any atom is 0.510 e. The molecule has 4 rings (SSSR count). The second-order valence-corrected chi connectivity index (χ2v) is 7.75. The number of nitrogens with zero attached hydrogens (tertiary/aromatic N) is 4. The van der Waals surface area contributed by atoms with Gasteiger partial charge in [-0.1, -0.05) is 0 Å². The van der Waals surface area contributed by atoms with E-state index in [2.05, 4.69) is 19.3 Å². The number of anilines is 1. The minimum absolute atomic E-state index is 0.0681. The summed E-state index contributed by atoms with van der Waals surface area (Å²) in [6.07, 6.45) is -4.86. The number of hydrogen-bond acceptors (Lipinski definition) is 12. The topological polar surface area (TPSA) is 232 Å². The van der Waals surface area contributed by atoms with E-state index in [1.54, 1.807) is 0 Å². The van der Waals surface area contributed by atoms with Gasteiger partial charge in [0.05, 0.1) is 5.69 Å². The van der Waals surface area contributed by atoms with Gasteiger partial charge in [0.25, 0.3) is 0 Å². The van der Waals surface area contributed by atoms with Crippen LogP contribution in [0.4, 0.5) is 10.6 Å². The fourth-order valence-electron chi connectivity index (χ4n) is 3.41. The number of hydrogen-bond donors (Lipinski definition) is 5. The highest BCUT2D eigenvalue weighted by Gasteiger charge is 2.84. The SMILES string of the molecule is N#C[C@@]1(c2ccc3c(N)ncnn23)O[C@@H]2C(OC(=O)OCOP(=O)(O)O)[C@]2(O)[C@H]1O. The van der Waals surface area contributed by atoms with Crippen LogP contribution < -0.4 is 5.73 Å². The Balaban J connectivity index is 1.51. The predicted molar refractivity (Wildman–Crippen MR) is 89.9 cm³/mol. The lowest BCUT2D eigenvalue weighted by Gasteiger charge is -2.29. The van der Waals surface area contributed by atoms with E-state index in [0.29, 0.717) is 5.52 Å². The summed E-state index contributed by atoms with van der Waals surface area (Å²) >= 11 is 0. The normalized spacial score (nSPS) is 32.4. The molecule has 1 saturated carbocycles. The summed E-state index contributed by atoms with van der Waals surface area (Å²) < 4.78 is 30.4. The molecule has 2 fully saturated rings. The number of fused-ring (bicyclic) bond motifs is 2. The molecule has 0 aromatic carbocycles. The molecule has 0 amide bonds. The van der Waals surface area contributed by atoms with E-state index in [1.807, 2.05) is 6.07 Å². The Hall–Kier alpha value is -2.83. The highest BCUT2D eigenvalue weighted by atomic mass is 31.2. The number of ether oxygens (including phenoxy) is 3. The van der Waals surface area contributed by atoms with Crippen molar-refractivity contribution in [3.8, 4) is 6.07 Å². The van der Waals surface area contributed by atoms with Gasteiger partial charge in [0.15, 0.2) is 17.5 Å². The van der Waals surface area contributed by atoms with Crippen LogP contribution in [0.3, 0.4) is 0 Å². The van der Waals surface area contributed by atoms with E-state index in [4.69, 9.17) is 25.0 Å². The van der Waals surface area contributed by atoms with Gasteiger partial charge in [-0.25, -0.2) is 23.4 Å². The zero-order valence-electron chi connectivity index (χ0n) is 14.7. The Kier molecular flexibility index (Phi) is 4.49. The molecular formula is C14H14N5O10P. The molecule has 1 unspecified atom stereocenters. The van der Waals surface area contributed by atoms with Crippen LogP contribution in [-0.2, 0) is 28.9 Å². The third kappa shape index (κ3) is 2.90. The molecule has 0 bridgehead atoms. The van der Waals surface area contributed by atoms with E-state index in [0.717, 1.165) is 6.33 Å². The number of carbonyl (C=O) groups is 1. The van der Waals surface area contributed by atoms with Crippen LogP contribution in [-0.4, -0.2) is 71.5 Å². The molecule has 2 aromatic heterocycles. The van der Waals surface area contributed by atoms with Gasteiger partial charge < -0.3 is 39.9 Å². The minimum atomic E-state index is -4.86. The Morgan fingerprint density at radius 1 is 1.47 bits per heavy atom. The fourth-order valence-corrected chi connectivity index (χ4v) is 3.60. The molecule has 160 valence electrons. The first-order valence-corrected chi connectivity index (χ1v) is 9.69.